The van der Waals surface area contributed by atoms with Gasteiger partial charge in [-0.2, -0.15) is 5.10 Å². The maximum Gasteiger partial charge on any atom is 0.315 e. The molecule has 1 atom stereocenters. The Morgan fingerprint density at radius 2 is 1.89 bits per heavy atom. The van der Waals surface area contributed by atoms with Gasteiger partial charge in [0.25, 0.3) is 0 Å². The molecule has 0 fully saturated rings. The lowest BCUT2D eigenvalue weighted by molar-refractivity contribution is 0.236. The Labute approximate surface area is 234 Å². The van der Waals surface area contributed by atoms with E-state index in [1.54, 1.807) is 11.8 Å². The summed E-state index contributed by atoms with van der Waals surface area (Å²) in [6.45, 7) is 2.32. The number of amides is 2. The predicted molar refractivity (Wildman–Crippen MR) is 155 cm³/mol. The number of carbonyl (C=O) groups excluding carboxylic acids is 1. The molecular formula is C28H26Cl2N6OS. The van der Waals surface area contributed by atoms with Gasteiger partial charge in [-0.05, 0) is 55.0 Å². The molecule has 3 aromatic carbocycles. The summed E-state index contributed by atoms with van der Waals surface area (Å²) < 4.78 is 0. The van der Waals surface area contributed by atoms with Crippen molar-refractivity contribution in [3.8, 4) is 11.3 Å². The van der Waals surface area contributed by atoms with Gasteiger partial charge in [-0.1, -0.05) is 65.7 Å². The normalized spacial score (nSPS) is 12.0. The lowest BCUT2D eigenvalue weighted by Crippen LogP contribution is -2.38. The van der Waals surface area contributed by atoms with Crippen molar-refractivity contribution in [3.05, 3.63) is 99.6 Å². The molecule has 0 aliphatic heterocycles. The van der Waals surface area contributed by atoms with E-state index in [-0.39, 0.29) is 6.03 Å². The first kappa shape index (κ1) is 26.2. The molecule has 2 aromatic heterocycles. The zero-order chi connectivity index (χ0) is 26.6. The van der Waals surface area contributed by atoms with Crippen molar-refractivity contribution < 1.29 is 4.79 Å². The van der Waals surface area contributed by atoms with E-state index in [1.165, 1.54) is 0 Å². The number of aromatic amines is 2. The van der Waals surface area contributed by atoms with E-state index in [1.807, 2.05) is 79.9 Å². The molecule has 5 aromatic rings. The van der Waals surface area contributed by atoms with E-state index in [9.17, 15) is 4.79 Å². The molecule has 0 aliphatic carbocycles. The van der Waals surface area contributed by atoms with Crippen molar-refractivity contribution in [3.63, 3.8) is 0 Å². The van der Waals surface area contributed by atoms with Gasteiger partial charge in [0.05, 0.1) is 11.6 Å². The standard InChI is InChI=1S/C28H26Cl2N6OS/c1-16-21-10-8-18(14-22(21)36-35-16)25-26(30)34-27(33-25)23(12-17-6-4-3-5-7-17)32-28(37)31-15-19-13-20(29)9-11-24(19)38-2/h3-11,13-14,23H,12,15H2,1-2H3,(H,33,34)(H,35,36)(H2,31,32,37)/t23-/m0/s1. The van der Waals surface area contributed by atoms with Crippen molar-refractivity contribution in [1.29, 1.82) is 0 Å². The first-order chi connectivity index (χ1) is 18.4. The molecule has 0 radical (unpaired) electrons. The van der Waals surface area contributed by atoms with Gasteiger partial charge in [-0.3, -0.25) is 5.10 Å². The number of hydrogen-bond donors (Lipinski definition) is 4. The number of rotatable bonds is 8. The minimum Gasteiger partial charge on any atom is -0.334 e. The maximum absolute atomic E-state index is 13.0. The number of aryl methyl sites for hydroxylation is 1. The zero-order valence-corrected chi connectivity index (χ0v) is 23.1. The molecule has 194 valence electrons. The third-order valence-corrected chi connectivity index (χ3v) is 7.64. The number of nitrogens with one attached hydrogen (secondary N) is 4. The lowest BCUT2D eigenvalue weighted by atomic mass is 10.1. The van der Waals surface area contributed by atoms with Crippen LogP contribution in [0.2, 0.25) is 10.2 Å². The minimum absolute atomic E-state index is 0.319. The van der Waals surface area contributed by atoms with Gasteiger partial charge in [0.15, 0.2) is 0 Å². The summed E-state index contributed by atoms with van der Waals surface area (Å²) in [4.78, 5) is 22.1. The highest BCUT2D eigenvalue weighted by Crippen LogP contribution is 2.31. The quantitative estimate of drug-likeness (QED) is 0.151. The molecule has 0 bridgehead atoms. The number of urea groups is 1. The van der Waals surface area contributed by atoms with Crippen LogP contribution in [0.5, 0.6) is 0 Å². The Morgan fingerprint density at radius 1 is 1.08 bits per heavy atom. The van der Waals surface area contributed by atoms with Gasteiger partial charge in [0.1, 0.15) is 16.7 Å². The van der Waals surface area contributed by atoms with Crippen LogP contribution < -0.4 is 10.6 Å². The van der Waals surface area contributed by atoms with Gasteiger partial charge in [-0.15, -0.1) is 11.8 Å². The van der Waals surface area contributed by atoms with Crippen LogP contribution in [0.15, 0.2) is 71.6 Å². The van der Waals surface area contributed by atoms with Gasteiger partial charge in [0, 0.05) is 33.1 Å². The second-order valence-electron chi connectivity index (χ2n) is 8.89. The summed E-state index contributed by atoms with van der Waals surface area (Å²) in [5.74, 6) is 0.565. The lowest BCUT2D eigenvalue weighted by Gasteiger charge is -2.18. The minimum atomic E-state index is -0.445. The van der Waals surface area contributed by atoms with Gasteiger partial charge in [-0.25, -0.2) is 9.78 Å². The Hall–Kier alpha value is -3.46. The maximum atomic E-state index is 13.0. The van der Waals surface area contributed by atoms with Gasteiger partial charge >= 0.3 is 6.03 Å². The molecule has 0 unspecified atom stereocenters. The number of hydrogen-bond acceptors (Lipinski definition) is 4. The first-order valence-electron chi connectivity index (χ1n) is 12.0. The van der Waals surface area contributed by atoms with Crippen molar-refractivity contribution in [2.45, 2.75) is 30.8 Å². The highest BCUT2D eigenvalue weighted by molar-refractivity contribution is 7.98. The molecule has 5 rings (SSSR count). The third kappa shape index (κ3) is 5.83. The van der Waals surface area contributed by atoms with Crippen molar-refractivity contribution in [1.82, 2.24) is 30.8 Å². The Kier molecular flexibility index (Phi) is 7.93. The predicted octanol–water partition coefficient (Wildman–Crippen LogP) is 7.07. The molecule has 2 heterocycles. The van der Waals surface area contributed by atoms with Crippen LogP contribution in [-0.4, -0.2) is 32.5 Å². The van der Waals surface area contributed by atoms with Crippen molar-refractivity contribution in [2.24, 2.45) is 0 Å². The Bertz CT molecular complexity index is 1580. The summed E-state index contributed by atoms with van der Waals surface area (Å²) in [6, 6.07) is 20.7. The largest absolute Gasteiger partial charge is 0.334 e. The molecule has 2 amide bonds. The number of imidazole rings is 1. The number of aromatic nitrogens is 4. The highest BCUT2D eigenvalue weighted by Gasteiger charge is 2.22. The highest BCUT2D eigenvalue weighted by atomic mass is 35.5. The molecule has 38 heavy (non-hydrogen) atoms. The molecule has 4 N–H and O–H groups in total. The van der Waals surface area contributed by atoms with Crippen LogP contribution in [0.4, 0.5) is 4.79 Å². The number of carbonyl (C=O) groups is 1. The van der Waals surface area contributed by atoms with E-state index in [4.69, 9.17) is 28.2 Å². The summed E-state index contributed by atoms with van der Waals surface area (Å²) in [7, 11) is 0. The third-order valence-electron chi connectivity index (χ3n) is 6.30. The SMILES string of the molecule is CSc1ccc(Cl)cc1CNC(=O)N[C@@H](Cc1ccccc1)c1nc(-c2ccc3c(C)[nH]nc3c2)c(Cl)[nH]1. The monoisotopic (exact) mass is 564 g/mol. The number of fused-ring (bicyclic) bond motifs is 1. The average Bonchev–Trinajstić information content (AvgIpc) is 3.49. The van der Waals surface area contributed by atoms with Crippen LogP contribution in [0.1, 0.15) is 28.7 Å². The summed E-state index contributed by atoms with van der Waals surface area (Å²) in [5.41, 5.74) is 5.29. The second-order valence-corrected chi connectivity index (χ2v) is 10.6. The smallest absolute Gasteiger partial charge is 0.315 e. The summed E-state index contributed by atoms with van der Waals surface area (Å²) in [6.07, 6.45) is 2.52. The fourth-order valence-electron chi connectivity index (χ4n) is 4.35. The number of benzene rings is 3. The molecule has 10 heteroatoms. The van der Waals surface area contributed by atoms with Gasteiger partial charge < -0.3 is 15.6 Å². The molecule has 0 saturated heterocycles. The molecule has 0 spiro atoms. The molecule has 7 nitrogen and oxygen atoms in total. The average molecular weight is 566 g/mol. The Morgan fingerprint density at radius 3 is 2.68 bits per heavy atom. The van der Waals surface area contributed by atoms with Crippen LogP contribution in [0.3, 0.4) is 0 Å². The van der Waals surface area contributed by atoms with Crippen LogP contribution in [-0.2, 0) is 13.0 Å². The van der Waals surface area contributed by atoms with Gasteiger partial charge in [0.2, 0.25) is 0 Å². The fraction of sp³-hybridized carbons (Fsp3) is 0.179. The molecule has 0 saturated carbocycles. The zero-order valence-electron chi connectivity index (χ0n) is 20.8. The Balaban J connectivity index is 1.39. The van der Waals surface area contributed by atoms with E-state index < -0.39 is 6.04 Å². The summed E-state index contributed by atoms with van der Waals surface area (Å²) >= 11 is 14.4. The van der Waals surface area contributed by atoms with Crippen molar-refractivity contribution in [2.75, 3.05) is 6.26 Å². The van der Waals surface area contributed by atoms with Crippen LogP contribution in [0, 0.1) is 6.92 Å². The number of thioether (sulfide) groups is 1. The van der Waals surface area contributed by atoms with Crippen LogP contribution >= 0.6 is 35.0 Å². The second kappa shape index (κ2) is 11.5. The summed E-state index contributed by atoms with van der Waals surface area (Å²) in [5, 5.41) is 15.5. The molecule has 0 aliphatic rings. The van der Waals surface area contributed by atoms with E-state index in [2.05, 4.69) is 25.8 Å². The number of halogens is 2. The van der Waals surface area contributed by atoms with E-state index >= 15 is 0 Å². The van der Waals surface area contributed by atoms with Crippen molar-refractivity contribution >= 4 is 51.9 Å². The topological polar surface area (TPSA) is 98.5 Å². The van der Waals surface area contributed by atoms with E-state index in [0.29, 0.717) is 34.7 Å². The fourth-order valence-corrected chi connectivity index (χ4v) is 5.39. The number of H-pyrrole nitrogens is 2. The van der Waals surface area contributed by atoms with Crippen LogP contribution in [0.25, 0.3) is 22.2 Å². The van der Waals surface area contributed by atoms with E-state index in [0.717, 1.165) is 38.2 Å². The first-order valence-corrected chi connectivity index (χ1v) is 14.0. The number of nitrogens with zero attached hydrogens (tertiary/aromatic N) is 2. The molecular weight excluding hydrogens is 539 g/mol.